The summed E-state index contributed by atoms with van der Waals surface area (Å²) >= 11 is 0. The smallest absolute Gasteiger partial charge is 0.335 e. The second kappa shape index (κ2) is 6.17. The molecule has 21 heavy (non-hydrogen) atoms. The highest BCUT2D eigenvalue weighted by Gasteiger charge is 2.42. The molecule has 1 heterocycles. The molecule has 0 aliphatic carbocycles. The van der Waals surface area contributed by atoms with Gasteiger partial charge >= 0.3 is 5.97 Å². The Kier molecular flexibility index (Phi) is 4.52. The van der Waals surface area contributed by atoms with Gasteiger partial charge < -0.3 is 14.7 Å². The number of carboxylic acids is 1. The molecule has 114 valence electrons. The van der Waals surface area contributed by atoms with Crippen LogP contribution in [0, 0.1) is 11.6 Å². The lowest BCUT2D eigenvalue weighted by Gasteiger charge is -2.39. The summed E-state index contributed by atoms with van der Waals surface area (Å²) in [6.45, 7) is 1.66. The van der Waals surface area contributed by atoms with Crippen LogP contribution in [0.25, 0.3) is 0 Å². The average Bonchev–Trinajstić information content (AvgIpc) is 2.43. The molecule has 0 bridgehead atoms. The van der Waals surface area contributed by atoms with Crippen LogP contribution in [0.5, 0.6) is 0 Å². The van der Waals surface area contributed by atoms with Gasteiger partial charge in [0.2, 0.25) is 5.91 Å². The Balaban J connectivity index is 2.51. The number of aliphatic carboxylic acids is 1. The molecule has 2 rings (SSSR count). The maximum Gasteiger partial charge on any atom is 0.335 e. The van der Waals surface area contributed by atoms with Gasteiger partial charge in [-0.25, -0.2) is 13.6 Å². The monoisotopic (exact) mass is 299 g/mol. The zero-order valence-corrected chi connectivity index (χ0v) is 11.4. The number of carboxylic acid groups (broad SMARTS) is 1. The van der Waals surface area contributed by atoms with Crippen LogP contribution < -0.4 is 0 Å². The van der Waals surface area contributed by atoms with E-state index in [0.717, 1.165) is 18.2 Å². The van der Waals surface area contributed by atoms with E-state index in [4.69, 9.17) is 4.74 Å². The van der Waals surface area contributed by atoms with Crippen LogP contribution in [0.3, 0.4) is 0 Å². The number of morpholine rings is 1. The number of ether oxygens (including phenoxy) is 1. The number of benzene rings is 1. The molecular weight excluding hydrogens is 284 g/mol. The van der Waals surface area contributed by atoms with E-state index in [0.29, 0.717) is 6.42 Å². The highest BCUT2D eigenvalue weighted by Crippen LogP contribution is 2.32. The van der Waals surface area contributed by atoms with Gasteiger partial charge in [-0.3, -0.25) is 4.79 Å². The van der Waals surface area contributed by atoms with Crippen LogP contribution in [-0.2, 0) is 14.3 Å². The van der Waals surface area contributed by atoms with Gasteiger partial charge in [-0.2, -0.15) is 0 Å². The Morgan fingerprint density at radius 1 is 1.48 bits per heavy atom. The molecule has 1 aliphatic heterocycles. The normalized spacial score (nSPS) is 22.4. The van der Waals surface area contributed by atoms with Gasteiger partial charge in [0, 0.05) is 12.1 Å². The van der Waals surface area contributed by atoms with E-state index < -0.39 is 35.7 Å². The van der Waals surface area contributed by atoms with Crippen LogP contribution in [0.15, 0.2) is 18.2 Å². The molecule has 1 aromatic rings. The molecule has 1 fully saturated rings. The van der Waals surface area contributed by atoms with Crippen molar-refractivity contribution < 1.29 is 28.2 Å². The van der Waals surface area contributed by atoms with Gasteiger partial charge in [-0.1, -0.05) is 6.92 Å². The van der Waals surface area contributed by atoms with Gasteiger partial charge in [0.25, 0.3) is 0 Å². The lowest BCUT2D eigenvalue weighted by atomic mass is 9.96. The standard InChI is InChI=1S/C14H15F2NO4/c1-2-5-17-11(18)7-21-13(14(19)20)12(17)9-6-8(15)3-4-10(9)16/h3-4,6,12-13H,2,5,7H2,1H3,(H,19,20). The van der Waals surface area contributed by atoms with Crippen molar-refractivity contribution >= 4 is 11.9 Å². The van der Waals surface area contributed by atoms with Crippen LogP contribution in [-0.4, -0.2) is 41.1 Å². The van der Waals surface area contributed by atoms with Gasteiger partial charge in [-0.15, -0.1) is 0 Å². The number of rotatable bonds is 4. The van der Waals surface area contributed by atoms with Gasteiger partial charge in [0.1, 0.15) is 18.2 Å². The zero-order chi connectivity index (χ0) is 15.6. The highest BCUT2D eigenvalue weighted by molar-refractivity contribution is 5.83. The summed E-state index contributed by atoms with van der Waals surface area (Å²) in [5.74, 6) is -3.24. The minimum atomic E-state index is -1.43. The first kappa shape index (κ1) is 15.4. The third kappa shape index (κ3) is 3.02. The maximum atomic E-state index is 14.0. The van der Waals surface area contributed by atoms with Crippen LogP contribution in [0.1, 0.15) is 24.9 Å². The third-order valence-corrected chi connectivity index (χ3v) is 3.31. The summed E-state index contributed by atoms with van der Waals surface area (Å²) in [7, 11) is 0. The highest BCUT2D eigenvalue weighted by atomic mass is 19.1. The number of hydrogen-bond donors (Lipinski definition) is 1. The fourth-order valence-electron chi connectivity index (χ4n) is 2.44. The van der Waals surface area contributed by atoms with Crippen molar-refractivity contribution in [3.05, 3.63) is 35.4 Å². The van der Waals surface area contributed by atoms with Crippen molar-refractivity contribution in [1.29, 1.82) is 0 Å². The van der Waals surface area contributed by atoms with Gasteiger partial charge in [0.05, 0.1) is 6.04 Å². The van der Waals surface area contributed by atoms with E-state index in [9.17, 15) is 23.5 Å². The molecule has 0 saturated carbocycles. The van der Waals surface area contributed by atoms with Crippen molar-refractivity contribution in [2.75, 3.05) is 13.2 Å². The zero-order valence-electron chi connectivity index (χ0n) is 11.4. The lowest BCUT2D eigenvalue weighted by Crippen LogP contribution is -2.52. The Labute approximate surface area is 120 Å². The fraction of sp³-hybridized carbons (Fsp3) is 0.429. The molecule has 1 aromatic carbocycles. The predicted molar refractivity (Wildman–Crippen MR) is 68.5 cm³/mol. The molecule has 1 amide bonds. The Morgan fingerprint density at radius 2 is 2.19 bits per heavy atom. The Bertz CT molecular complexity index is 564. The van der Waals surface area contributed by atoms with E-state index in [2.05, 4.69) is 0 Å². The maximum absolute atomic E-state index is 14.0. The molecule has 0 spiro atoms. The molecule has 1 aliphatic rings. The number of carbonyl (C=O) groups excluding carboxylic acids is 1. The molecule has 7 heteroatoms. The molecular formula is C14H15F2NO4. The topological polar surface area (TPSA) is 66.8 Å². The molecule has 0 aromatic heterocycles. The minimum Gasteiger partial charge on any atom is -0.479 e. The van der Waals surface area contributed by atoms with Crippen LogP contribution in [0.4, 0.5) is 8.78 Å². The van der Waals surface area contributed by atoms with Crippen molar-refractivity contribution in [2.45, 2.75) is 25.5 Å². The predicted octanol–water partition coefficient (Wildman–Crippen LogP) is 1.73. The van der Waals surface area contributed by atoms with Crippen LogP contribution >= 0.6 is 0 Å². The first-order chi connectivity index (χ1) is 9.95. The number of carbonyl (C=O) groups is 2. The number of halogens is 2. The van der Waals surface area contributed by atoms with Crippen molar-refractivity contribution in [1.82, 2.24) is 4.90 Å². The van der Waals surface area contributed by atoms with E-state index in [-0.39, 0.29) is 18.7 Å². The summed E-state index contributed by atoms with van der Waals surface area (Å²) in [5.41, 5.74) is -0.191. The number of nitrogens with zero attached hydrogens (tertiary/aromatic N) is 1. The minimum absolute atomic E-state index is 0.191. The average molecular weight is 299 g/mol. The molecule has 5 nitrogen and oxygen atoms in total. The summed E-state index contributed by atoms with van der Waals surface area (Å²) in [6, 6.07) is 1.57. The number of amides is 1. The second-order valence-corrected chi connectivity index (χ2v) is 4.77. The van der Waals surface area contributed by atoms with Gasteiger partial charge in [0.15, 0.2) is 6.10 Å². The fourth-order valence-corrected chi connectivity index (χ4v) is 2.44. The van der Waals surface area contributed by atoms with Crippen molar-refractivity contribution in [2.24, 2.45) is 0 Å². The molecule has 1 N–H and O–H groups in total. The summed E-state index contributed by atoms with van der Waals surface area (Å²) in [5, 5.41) is 9.22. The van der Waals surface area contributed by atoms with E-state index in [1.807, 2.05) is 0 Å². The van der Waals surface area contributed by atoms with Gasteiger partial charge in [-0.05, 0) is 24.6 Å². The van der Waals surface area contributed by atoms with E-state index in [1.54, 1.807) is 6.92 Å². The quantitative estimate of drug-likeness (QED) is 0.919. The van der Waals surface area contributed by atoms with E-state index in [1.165, 1.54) is 4.90 Å². The SMILES string of the molecule is CCCN1C(=O)COC(C(=O)O)C1c1cc(F)ccc1F. The summed E-state index contributed by atoms with van der Waals surface area (Å²) in [6.07, 6.45) is -0.864. The molecule has 0 radical (unpaired) electrons. The van der Waals surface area contributed by atoms with Crippen molar-refractivity contribution in [3.8, 4) is 0 Å². The van der Waals surface area contributed by atoms with Crippen molar-refractivity contribution in [3.63, 3.8) is 0 Å². The summed E-state index contributed by atoms with van der Waals surface area (Å²) < 4.78 is 32.4. The first-order valence-electron chi connectivity index (χ1n) is 6.54. The second-order valence-electron chi connectivity index (χ2n) is 4.77. The third-order valence-electron chi connectivity index (χ3n) is 3.31. The number of hydrogen-bond acceptors (Lipinski definition) is 3. The Hall–Kier alpha value is -2.02. The Morgan fingerprint density at radius 3 is 2.81 bits per heavy atom. The molecule has 2 unspecified atom stereocenters. The largest absolute Gasteiger partial charge is 0.479 e. The lowest BCUT2D eigenvalue weighted by molar-refractivity contribution is -0.173. The summed E-state index contributed by atoms with van der Waals surface area (Å²) in [4.78, 5) is 24.5. The van der Waals surface area contributed by atoms with Crippen LogP contribution in [0.2, 0.25) is 0 Å². The first-order valence-corrected chi connectivity index (χ1v) is 6.54. The van der Waals surface area contributed by atoms with E-state index >= 15 is 0 Å². The molecule has 1 saturated heterocycles. The molecule has 2 atom stereocenters.